The standard InChI is InChI=1S/C11H17NO2S/c1-8-2-3-10(15-8)11(13)12-9-4-6-14-7-5-9/h3,8-9H,2,4-7H2,1H3,(H,12,13). The van der Waals surface area contributed by atoms with E-state index in [0.29, 0.717) is 11.3 Å². The number of thioether (sulfide) groups is 1. The molecule has 3 nitrogen and oxygen atoms in total. The van der Waals surface area contributed by atoms with Crippen molar-refractivity contribution < 1.29 is 9.53 Å². The van der Waals surface area contributed by atoms with E-state index in [2.05, 4.69) is 12.2 Å². The van der Waals surface area contributed by atoms with Crippen molar-refractivity contribution in [1.29, 1.82) is 0 Å². The average Bonchev–Trinajstić information content (AvgIpc) is 2.66. The molecule has 0 aromatic heterocycles. The van der Waals surface area contributed by atoms with Gasteiger partial charge in [-0.25, -0.2) is 0 Å². The van der Waals surface area contributed by atoms with Crippen molar-refractivity contribution in [3.8, 4) is 0 Å². The molecule has 84 valence electrons. The summed E-state index contributed by atoms with van der Waals surface area (Å²) >= 11 is 1.68. The molecule has 1 unspecified atom stereocenters. The summed E-state index contributed by atoms with van der Waals surface area (Å²) in [5, 5.41) is 3.63. The van der Waals surface area contributed by atoms with Gasteiger partial charge >= 0.3 is 0 Å². The van der Waals surface area contributed by atoms with Crippen molar-refractivity contribution in [2.45, 2.75) is 37.5 Å². The van der Waals surface area contributed by atoms with Crippen molar-refractivity contribution >= 4 is 17.7 Å². The van der Waals surface area contributed by atoms with E-state index < -0.39 is 0 Å². The van der Waals surface area contributed by atoms with Crippen LogP contribution in [0.2, 0.25) is 0 Å². The maximum absolute atomic E-state index is 11.8. The zero-order valence-electron chi connectivity index (χ0n) is 8.99. The van der Waals surface area contributed by atoms with E-state index in [1.54, 1.807) is 11.8 Å². The molecule has 4 heteroatoms. The van der Waals surface area contributed by atoms with Crippen LogP contribution in [0.25, 0.3) is 0 Å². The van der Waals surface area contributed by atoms with Gasteiger partial charge in [-0.2, -0.15) is 0 Å². The first-order chi connectivity index (χ1) is 7.25. The summed E-state index contributed by atoms with van der Waals surface area (Å²) in [6.45, 7) is 3.69. The second kappa shape index (κ2) is 5.03. The highest BCUT2D eigenvalue weighted by atomic mass is 32.2. The first-order valence-electron chi connectivity index (χ1n) is 5.51. The number of carbonyl (C=O) groups is 1. The Morgan fingerprint density at radius 3 is 2.87 bits per heavy atom. The van der Waals surface area contributed by atoms with E-state index in [1.165, 1.54) is 0 Å². The number of ether oxygens (including phenoxy) is 1. The molecule has 0 bridgehead atoms. The first kappa shape index (κ1) is 11.0. The van der Waals surface area contributed by atoms with Crippen molar-refractivity contribution in [1.82, 2.24) is 5.32 Å². The largest absolute Gasteiger partial charge is 0.381 e. The van der Waals surface area contributed by atoms with Crippen LogP contribution >= 0.6 is 11.8 Å². The third kappa shape index (κ3) is 2.98. The highest BCUT2D eigenvalue weighted by molar-refractivity contribution is 8.04. The fourth-order valence-electron chi connectivity index (χ4n) is 1.83. The predicted molar refractivity (Wildman–Crippen MR) is 61.7 cm³/mol. The normalized spacial score (nSPS) is 27.5. The monoisotopic (exact) mass is 227 g/mol. The molecule has 0 radical (unpaired) electrons. The minimum atomic E-state index is 0.108. The van der Waals surface area contributed by atoms with Crippen LogP contribution in [0.1, 0.15) is 26.2 Å². The molecule has 0 aliphatic carbocycles. The fourth-order valence-corrected chi connectivity index (χ4v) is 2.81. The Labute approximate surface area is 94.6 Å². The number of amides is 1. The molecule has 1 N–H and O–H groups in total. The molecule has 2 aliphatic rings. The van der Waals surface area contributed by atoms with Gasteiger partial charge in [-0.15, -0.1) is 11.8 Å². The SMILES string of the molecule is CC1CC=C(C(=O)NC2CCOCC2)S1. The smallest absolute Gasteiger partial charge is 0.257 e. The molecule has 2 aliphatic heterocycles. The molecule has 0 spiro atoms. The number of nitrogens with one attached hydrogen (secondary N) is 1. The Bertz CT molecular complexity index is 272. The van der Waals surface area contributed by atoms with Crippen LogP contribution in [0.15, 0.2) is 11.0 Å². The molecule has 2 heterocycles. The van der Waals surface area contributed by atoms with Crippen LogP contribution in [0.4, 0.5) is 0 Å². The van der Waals surface area contributed by atoms with Gasteiger partial charge in [-0.3, -0.25) is 4.79 Å². The summed E-state index contributed by atoms with van der Waals surface area (Å²) in [6, 6.07) is 0.309. The van der Waals surface area contributed by atoms with Gasteiger partial charge in [-0.1, -0.05) is 13.0 Å². The first-order valence-corrected chi connectivity index (χ1v) is 6.39. The topological polar surface area (TPSA) is 38.3 Å². The minimum absolute atomic E-state index is 0.108. The average molecular weight is 227 g/mol. The Hall–Kier alpha value is -0.480. The van der Waals surface area contributed by atoms with Gasteiger partial charge in [-0.05, 0) is 19.3 Å². The third-order valence-corrected chi connectivity index (χ3v) is 3.94. The molecule has 0 aromatic rings. The highest BCUT2D eigenvalue weighted by Crippen LogP contribution is 2.31. The number of hydrogen-bond donors (Lipinski definition) is 1. The Balaban J connectivity index is 1.81. The minimum Gasteiger partial charge on any atom is -0.381 e. The van der Waals surface area contributed by atoms with Gasteiger partial charge in [0.05, 0.1) is 4.91 Å². The summed E-state index contributed by atoms with van der Waals surface area (Å²) in [4.78, 5) is 12.7. The van der Waals surface area contributed by atoms with Crippen molar-refractivity contribution in [2.75, 3.05) is 13.2 Å². The van der Waals surface area contributed by atoms with Gasteiger partial charge < -0.3 is 10.1 Å². The molecule has 0 aromatic carbocycles. The van der Waals surface area contributed by atoms with E-state index in [4.69, 9.17) is 4.74 Å². The van der Waals surface area contributed by atoms with E-state index in [-0.39, 0.29) is 5.91 Å². The lowest BCUT2D eigenvalue weighted by atomic mass is 10.1. The zero-order chi connectivity index (χ0) is 10.7. The zero-order valence-corrected chi connectivity index (χ0v) is 9.81. The molecule has 1 atom stereocenters. The number of allylic oxidation sites excluding steroid dienone is 1. The lowest BCUT2D eigenvalue weighted by Crippen LogP contribution is -2.39. The van der Waals surface area contributed by atoms with E-state index in [0.717, 1.165) is 37.4 Å². The van der Waals surface area contributed by atoms with Crippen LogP contribution in [0, 0.1) is 0 Å². The fraction of sp³-hybridized carbons (Fsp3) is 0.727. The molecular weight excluding hydrogens is 210 g/mol. The van der Waals surface area contributed by atoms with Gasteiger partial charge in [0.15, 0.2) is 0 Å². The van der Waals surface area contributed by atoms with Gasteiger partial charge in [0, 0.05) is 24.5 Å². The van der Waals surface area contributed by atoms with Crippen LogP contribution in [-0.2, 0) is 9.53 Å². The predicted octanol–water partition coefficient (Wildman–Crippen LogP) is 1.69. The maximum atomic E-state index is 11.8. The maximum Gasteiger partial charge on any atom is 0.257 e. The molecule has 1 amide bonds. The number of carbonyl (C=O) groups excluding carboxylic acids is 1. The summed E-state index contributed by atoms with van der Waals surface area (Å²) in [6.07, 6.45) is 4.95. The Morgan fingerprint density at radius 2 is 2.27 bits per heavy atom. The van der Waals surface area contributed by atoms with Gasteiger partial charge in [0.1, 0.15) is 0 Å². The number of rotatable bonds is 2. The van der Waals surface area contributed by atoms with Gasteiger partial charge in [0.2, 0.25) is 0 Å². The summed E-state index contributed by atoms with van der Waals surface area (Å²) in [5.74, 6) is 0.108. The van der Waals surface area contributed by atoms with Crippen molar-refractivity contribution in [3.63, 3.8) is 0 Å². The Kier molecular flexibility index (Phi) is 3.70. The van der Waals surface area contributed by atoms with Crippen LogP contribution in [-0.4, -0.2) is 30.4 Å². The molecule has 15 heavy (non-hydrogen) atoms. The van der Waals surface area contributed by atoms with Crippen LogP contribution < -0.4 is 5.32 Å². The highest BCUT2D eigenvalue weighted by Gasteiger charge is 2.22. The van der Waals surface area contributed by atoms with Crippen molar-refractivity contribution in [2.24, 2.45) is 0 Å². The third-order valence-electron chi connectivity index (χ3n) is 2.74. The van der Waals surface area contributed by atoms with Crippen LogP contribution in [0.3, 0.4) is 0 Å². The Morgan fingerprint density at radius 1 is 1.53 bits per heavy atom. The molecule has 1 fully saturated rings. The molecular formula is C11H17NO2S. The summed E-state index contributed by atoms with van der Waals surface area (Å²) in [7, 11) is 0. The quantitative estimate of drug-likeness (QED) is 0.780. The lowest BCUT2D eigenvalue weighted by molar-refractivity contribution is -0.118. The van der Waals surface area contributed by atoms with E-state index >= 15 is 0 Å². The van der Waals surface area contributed by atoms with E-state index in [9.17, 15) is 4.79 Å². The second-order valence-corrected chi connectivity index (χ2v) is 5.57. The molecule has 2 rings (SSSR count). The summed E-state index contributed by atoms with van der Waals surface area (Å²) < 4.78 is 5.25. The van der Waals surface area contributed by atoms with Gasteiger partial charge in [0.25, 0.3) is 5.91 Å². The number of hydrogen-bond acceptors (Lipinski definition) is 3. The van der Waals surface area contributed by atoms with Crippen molar-refractivity contribution in [3.05, 3.63) is 11.0 Å². The van der Waals surface area contributed by atoms with Crippen LogP contribution in [0.5, 0.6) is 0 Å². The molecule has 1 saturated heterocycles. The second-order valence-electron chi connectivity index (χ2n) is 4.09. The lowest BCUT2D eigenvalue weighted by Gasteiger charge is -2.23. The molecule has 0 saturated carbocycles. The summed E-state index contributed by atoms with van der Waals surface area (Å²) in [5.41, 5.74) is 0. The van der Waals surface area contributed by atoms with E-state index in [1.807, 2.05) is 6.08 Å².